The Labute approximate surface area is 170 Å². The topological polar surface area (TPSA) is 0 Å². The van der Waals surface area contributed by atoms with Gasteiger partial charge in [-0.25, -0.2) is 0 Å². The Morgan fingerprint density at radius 2 is 1.85 bits per heavy atom. The van der Waals surface area contributed by atoms with Crippen LogP contribution in [-0.2, 0) is 5.41 Å². The first-order valence-corrected chi connectivity index (χ1v) is 10.5. The Morgan fingerprint density at radius 1 is 1.04 bits per heavy atom. The molecule has 3 aliphatic carbocycles. The van der Waals surface area contributed by atoms with E-state index in [1.165, 1.54) is 43.4 Å². The van der Waals surface area contributed by atoms with Gasteiger partial charge < -0.3 is 0 Å². The van der Waals surface area contributed by atoms with Crippen molar-refractivity contribution in [1.82, 2.24) is 0 Å². The number of fused-ring (bicyclic) bond motifs is 6. The van der Waals surface area contributed by atoms with Crippen LogP contribution in [0, 0.1) is 5.92 Å². The van der Waals surface area contributed by atoms with E-state index in [9.17, 15) is 0 Å². The molecular formula is C26H23Br. The maximum Gasteiger partial charge on any atom is 0.0192 e. The highest BCUT2D eigenvalue weighted by molar-refractivity contribution is 9.11. The van der Waals surface area contributed by atoms with Crippen molar-refractivity contribution >= 4 is 28.1 Å². The van der Waals surface area contributed by atoms with Gasteiger partial charge in [-0.2, -0.15) is 0 Å². The Morgan fingerprint density at radius 3 is 2.67 bits per heavy atom. The van der Waals surface area contributed by atoms with Crippen LogP contribution in [0.3, 0.4) is 0 Å². The van der Waals surface area contributed by atoms with E-state index in [0.717, 1.165) is 0 Å². The van der Waals surface area contributed by atoms with Crippen molar-refractivity contribution in [1.29, 1.82) is 0 Å². The van der Waals surface area contributed by atoms with Crippen molar-refractivity contribution in [2.75, 3.05) is 0 Å². The molecule has 3 aliphatic rings. The average molecular weight is 415 g/mol. The van der Waals surface area contributed by atoms with Crippen molar-refractivity contribution in [2.24, 2.45) is 5.92 Å². The number of allylic oxidation sites excluding steroid dienone is 6. The third-order valence-corrected chi connectivity index (χ3v) is 7.20. The fourth-order valence-electron chi connectivity index (χ4n) is 5.13. The van der Waals surface area contributed by atoms with Gasteiger partial charge in [-0.05, 0) is 51.9 Å². The summed E-state index contributed by atoms with van der Waals surface area (Å²) in [6.07, 6.45) is 15.9. The fraction of sp³-hybridized carbons (Fsp3) is 0.231. The van der Waals surface area contributed by atoms with Crippen LogP contribution in [0.15, 0.2) is 65.2 Å². The first kappa shape index (κ1) is 17.0. The second-order valence-corrected chi connectivity index (χ2v) is 9.15. The van der Waals surface area contributed by atoms with E-state index in [0.29, 0.717) is 11.8 Å². The lowest BCUT2D eigenvalue weighted by Crippen LogP contribution is -2.20. The van der Waals surface area contributed by atoms with Crippen molar-refractivity contribution < 1.29 is 0 Å². The molecule has 1 heteroatoms. The van der Waals surface area contributed by atoms with Gasteiger partial charge in [0.1, 0.15) is 0 Å². The van der Waals surface area contributed by atoms with E-state index < -0.39 is 0 Å². The smallest absolute Gasteiger partial charge is 0.0192 e. The maximum absolute atomic E-state index is 3.79. The van der Waals surface area contributed by atoms with Gasteiger partial charge in [-0.1, -0.05) is 96.6 Å². The largest absolute Gasteiger partial charge is 0.0870 e. The lowest BCUT2D eigenvalue weighted by Gasteiger charge is -2.33. The maximum atomic E-state index is 3.79. The van der Waals surface area contributed by atoms with Gasteiger partial charge in [0.15, 0.2) is 0 Å². The molecule has 2 aromatic rings. The number of benzene rings is 2. The van der Waals surface area contributed by atoms with E-state index in [-0.39, 0.29) is 5.41 Å². The Bertz CT molecular complexity index is 1080. The molecule has 5 rings (SSSR count). The minimum atomic E-state index is 0.0326. The molecule has 0 aromatic heterocycles. The van der Waals surface area contributed by atoms with Crippen molar-refractivity contribution in [3.63, 3.8) is 0 Å². The van der Waals surface area contributed by atoms with E-state index in [2.05, 4.69) is 110 Å². The normalized spacial score (nSPS) is 23.6. The van der Waals surface area contributed by atoms with Gasteiger partial charge in [0.25, 0.3) is 0 Å². The van der Waals surface area contributed by atoms with Gasteiger partial charge >= 0.3 is 0 Å². The molecule has 2 unspecified atom stereocenters. The third-order valence-electron chi connectivity index (χ3n) is 6.41. The Balaban J connectivity index is 1.87. The van der Waals surface area contributed by atoms with Gasteiger partial charge in [0, 0.05) is 21.7 Å². The van der Waals surface area contributed by atoms with Crippen LogP contribution in [0.2, 0.25) is 0 Å². The average Bonchev–Trinajstić information content (AvgIpc) is 2.89. The van der Waals surface area contributed by atoms with Crippen molar-refractivity contribution in [3.8, 4) is 11.1 Å². The second kappa shape index (κ2) is 5.94. The van der Waals surface area contributed by atoms with Crippen LogP contribution in [-0.4, -0.2) is 0 Å². The zero-order valence-corrected chi connectivity index (χ0v) is 17.5. The highest BCUT2D eigenvalue weighted by Crippen LogP contribution is 2.54. The summed E-state index contributed by atoms with van der Waals surface area (Å²) < 4.78 is 1.27. The van der Waals surface area contributed by atoms with E-state index in [4.69, 9.17) is 0 Å². The number of halogens is 1. The monoisotopic (exact) mass is 414 g/mol. The predicted octanol–water partition coefficient (Wildman–Crippen LogP) is 7.60. The molecule has 0 saturated heterocycles. The molecule has 134 valence electrons. The van der Waals surface area contributed by atoms with Crippen LogP contribution in [0.4, 0.5) is 0 Å². The summed E-state index contributed by atoms with van der Waals surface area (Å²) in [5.74, 6) is 0.783. The van der Waals surface area contributed by atoms with Crippen LogP contribution in [0.1, 0.15) is 54.5 Å². The van der Waals surface area contributed by atoms with Crippen LogP contribution < -0.4 is 0 Å². The molecule has 0 N–H and O–H groups in total. The van der Waals surface area contributed by atoms with E-state index in [1.54, 1.807) is 0 Å². The lowest BCUT2D eigenvalue weighted by atomic mass is 9.72. The first-order valence-electron chi connectivity index (χ1n) is 9.70. The summed E-state index contributed by atoms with van der Waals surface area (Å²) in [5, 5.41) is 0. The van der Waals surface area contributed by atoms with Crippen molar-refractivity contribution in [3.05, 3.63) is 93.0 Å². The summed E-state index contributed by atoms with van der Waals surface area (Å²) in [7, 11) is 0. The molecule has 0 bridgehead atoms. The van der Waals surface area contributed by atoms with Crippen LogP contribution >= 0.6 is 15.9 Å². The number of rotatable bonds is 1. The Kier molecular flexibility index (Phi) is 3.74. The van der Waals surface area contributed by atoms with Crippen LogP contribution in [0.5, 0.6) is 0 Å². The molecule has 2 aromatic carbocycles. The summed E-state index contributed by atoms with van der Waals surface area (Å²) in [6.45, 7) is 6.85. The highest BCUT2D eigenvalue weighted by Gasteiger charge is 2.39. The first-order chi connectivity index (χ1) is 13.0. The molecule has 0 aliphatic heterocycles. The zero-order valence-electron chi connectivity index (χ0n) is 16.0. The summed E-state index contributed by atoms with van der Waals surface area (Å²) in [4.78, 5) is 0. The predicted molar refractivity (Wildman–Crippen MR) is 120 cm³/mol. The van der Waals surface area contributed by atoms with Crippen LogP contribution in [0.25, 0.3) is 23.3 Å². The molecule has 0 amide bonds. The molecule has 0 radical (unpaired) electrons. The summed E-state index contributed by atoms with van der Waals surface area (Å²) in [6, 6.07) is 11.4. The standard InChI is InChI=1S/C26H23Br/c1-4-8-20-24-16(13-14-17-18(24)10-7-12-23(17)27)15-22-25(20)19-9-5-6-11-21(19)26(22,2)3/h4-15,17-18H,1-3H3/b8-4-. The molecule has 0 heterocycles. The lowest BCUT2D eigenvalue weighted by molar-refractivity contribution is 0.655. The third kappa shape index (κ3) is 2.28. The van der Waals surface area contributed by atoms with E-state index >= 15 is 0 Å². The van der Waals surface area contributed by atoms with Gasteiger partial charge in [-0.15, -0.1) is 0 Å². The number of hydrogen-bond donors (Lipinski definition) is 0. The molecule has 0 nitrogen and oxygen atoms in total. The molecule has 2 atom stereocenters. The summed E-state index contributed by atoms with van der Waals surface area (Å²) in [5.41, 5.74) is 9.99. The summed E-state index contributed by atoms with van der Waals surface area (Å²) >= 11 is 3.79. The second-order valence-electron chi connectivity index (χ2n) is 8.23. The van der Waals surface area contributed by atoms with Crippen molar-refractivity contribution in [2.45, 2.75) is 32.1 Å². The van der Waals surface area contributed by atoms with Gasteiger partial charge in [0.2, 0.25) is 0 Å². The minimum absolute atomic E-state index is 0.0326. The zero-order chi connectivity index (χ0) is 18.8. The quantitative estimate of drug-likeness (QED) is 0.450. The molecular weight excluding hydrogens is 392 g/mol. The highest BCUT2D eigenvalue weighted by atomic mass is 79.9. The molecule has 0 spiro atoms. The molecule has 27 heavy (non-hydrogen) atoms. The van der Waals surface area contributed by atoms with Gasteiger partial charge in [-0.3, -0.25) is 0 Å². The fourth-order valence-corrected chi connectivity index (χ4v) is 5.72. The Hall–Kier alpha value is -2.12. The molecule has 0 fully saturated rings. The van der Waals surface area contributed by atoms with Gasteiger partial charge in [0.05, 0.1) is 0 Å². The minimum Gasteiger partial charge on any atom is -0.0870 e. The number of hydrogen-bond acceptors (Lipinski definition) is 0. The molecule has 0 saturated carbocycles. The SMILES string of the molecule is C/C=C\c1c2c(cc3c1C1C=CC=C(Br)C1C=C3)C(C)(C)c1ccccc1-2. The van der Waals surface area contributed by atoms with E-state index in [1.807, 2.05) is 0 Å².